The molecule has 0 saturated carbocycles. The van der Waals surface area contributed by atoms with Crippen LogP contribution in [0.5, 0.6) is 5.75 Å². The molecule has 1 aromatic rings. The van der Waals surface area contributed by atoms with Gasteiger partial charge in [0.2, 0.25) is 11.8 Å². The molecule has 2 saturated heterocycles. The lowest BCUT2D eigenvalue weighted by Gasteiger charge is -2.24. The smallest absolute Gasteiger partial charge is 0.253 e. The molecule has 0 aromatic heterocycles. The number of rotatable bonds is 4. The van der Waals surface area contributed by atoms with Gasteiger partial charge in [0.25, 0.3) is 5.91 Å². The summed E-state index contributed by atoms with van der Waals surface area (Å²) in [5, 5.41) is 2.73. The zero-order chi connectivity index (χ0) is 19.4. The van der Waals surface area contributed by atoms with Gasteiger partial charge >= 0.3 is 0 Å². The minimum absolute atomic E-state index is 0.0178. The van der Waals surface area contributed by atoms with Crippen molar-refractivity contribution in [3.8, 4) is 5.75 Å². The van der Waals surface area contributed by atoms with Gasteiger partial charge in [0, 0.05) is 38.2 Å². The Morgan fingerprint density at radius 1 is 1.19 bits per heavy atom. The van der Waals surface area contributed by atoms with Crippen LogP contribution >= 0.6 is 0 Å². The number of carbonyl (C=O) groups is 3. The maximum absolute atomic E-state index is 12.9. The van der Waals surface area contributed by atoms with E-state index in [0.29, 0.717) is 44.6 Å². The van der Waals surface area contributed by atoms with E-state index < -0.39 is 6.04 Å². The second-order valence-corrected chi connectivity index (χ2v) is 7.01. The van der Waals surface area contributed by atoms with E-state index in [0.717, 1.165) is 24.2 Å². The zero-order valence-corrected chi connectivity index (χ0v) is 16.0. The van der Waals surface area contributed by atoms with Gasteiger partial charge in [-0.1, -0.05) is 6.92 Å². The molecule has 1 aromatic carbocycles. The molecule has 2 aliphatic heterocycles. The lowest BCUT2D eigenvalue weighted by Crippen LogP contribution is -2.46. The summed E-state index contributed by atoms with van der Waals surface area (Å²) in [6, 6.07) is 5.11. The molecule has 7 nitrogen and oxygen atoms in total. The zero-order valence-electron chi connectivity index (χ0n) is 16.0. The molecule has 0 aliphatic carbocycles. The summed E-state index contributed by atoms with van der Waals surface area (Å²) in [5.41, 5.74) is 1.66. The first-order chi connectivity index (χ1) is 13.0. The molecule has 2 heterocycles. The van der Waals surface area contributed by atoms with Crippen molar-refractivity contribution >= 4 is 17.7 Å². The minimum atomic E-state index is -0.409. The minimum Gasteiger partial charge on any atom is -0.496 e. The highest BCUT2D eigenvalue weighted by molar-refractivity contribution is 5.95. The van der Waals surface area contributed by atoms with Crippen molar-refractivity contribution in [2.24, 2.45) is 0 Å². The third-order valence-electron chi connectivity index (χ3n) is 5.30. The molecule has 1 N–H and O–H groups in total. The second kappa shape index (κ2) is 8.41. The molecule has 0 spiro atoms. The summed E-state index contributed by atoms with van der Waals surface area (Å²) in [7, 11) is 1.63. The number of methoxy groups -OCH3 is 1. The topological polar surface area (TPSA) is 79.0 Å². The first-order valence-electron chi connectivity index (χ1n) is 9.57. The van der Waals surface area contributed by atoms with Crippen molar-refractivity contribution in [3.63, 3.8) is 0 Å². The van der Waals surface area contributed by atoms with Crippen LogP contribution in [-0.4, -0.2) is 66.9 Å². The normalized spacial score (nSPS) is 20.2. The standard InChI is InChI=1S/C20H27N3O4/c1-3-14-13-15(5-7-17(14)27-2)19(25)22-9-4-10-23(12-11-22)20(26)16-6-8-18(24)21-16/h5,7,13,16H,3-4,6,8-12H2,1-2H3,(H,21,24). The van der Waals surface area contributed by atoms with Gasteiger partial charge < -0.3 is 19.9 Å². The van der Waals surface area contributed by atoms with Crippen molar-refractivity contribution in [2.45, 2.75) is 38.6 Å². The van der Waals surface area contributed by atoms with E-state index in [4.69, 9.17) is 4.74 Å². The number of nitrogens with one attached hydrogen (secondary N) is 1. The Kier molecular flexibility index (Phi) is 5.98. The highest BCUT2D eigenvalue weighted by Crippen LogP contribution is 2.22. The number of nitrogens with zero attached hydrogens (tertiary/aromatic N) is 2. The molecule has 3 amide bonds. The Labute approximate surface area is 159 Å². The molecule has 7 heteroatoms. The molecule has 1 unspecified atom stereocenters. The number of carbonyl (C=O) groups excluding carboxylic acids is 3. The number of benzene rings is 1. The fraction of sp³-hybridized carbons (Fsp3) is 0.550. The van der Waals surface area contributed by atoms with E-state index in [2.05, 4.69) is 5.32 Å². The van der Waals surface area contributed by atoms with E-state index in [1.807, 2.05) is 24.0 Å². The third kappa shape index (κ3) is 4.23. The largest absolute Gasteiger partial charge is 0.496 e. The average molecular weight is 373 g/mol. The second-order valence-electron chi connectivity index (χ2n) is 7.01. The van der Waals surface area contributed by atoms with E-state index in [1.165, 1.54) is 0 Å². The molecule has 0 bridgehead atoms. The number of aryl methyl sites for hydroxylation is 1. The first kappa shape index (κ1) is 19.2. The van der Waals surface area contributed by atoms with Crippen molar-refractivity contribution in [3.05, 3.63) is 29.3 Å². The summed E-state index contributed by atoms with van der Waals surface area (Å²) in [6.07, 6.45) is 2.49. The van der Waals surface area contributed by atoms with E-state index in [-0.39, 0.29) is 17.7 Å². The van der Waals surface area contributed by atoms with E-state index >= 15 is 0 Å². The van der Waals surface area contributed by atoms with Crippen LogP contribution in [0.4, 0.5) is 0 Å². The van der Waals surface area contributed by atoms with Crippen molar-refractivity contribution < 1.29 is 19.1 Å². The van der Waals surface area contributed by atoms with Crippen molar-refractivity contribution in [2.75, 3.05) is 33.3 Å². The van der Waals surface area contributed by atoms with Gasteiger partial charge in [-0.3, -0.25) is 14.4 Å². The summed E-state index contributed by atoms with van der Waals surface area (Å²) in [6.45, 7) is 4.25. The predicted octanol–water partition coefficient (Wildman–Crippen LogP) is 1.21. The van der Waals surface area contributed by atoms with Crippen LogP contribution in [0.25, 0.3) is 0 Å². The van der Waals surface area contributed by atoms with Crippen LogP contribution in [-0.2, 0) is 16.0 Å². The Balaban J connectivity index is 1.64. The Bertz CT molecular complexity index is 734. The summed E-state index contributed by atoms with van der Waals surface area (Å²) >= 11 is 0. The predicted molar refractivity (Wildman–Crippen MR) is 101 cm³/mol. The molecule has 1 atom stereocenters. The maximum Gasteiger partial charge on any atom is 0.253 e. The summed E-state index contributed by atoms with van der Waals surface area (Å²) in [4.78, 5) is 40.5. The Morgan fingerprint density at radius 3 is 2.59 bits per heavy atom. The Hall–Kier alpha value is -2.57. The van der Waals surface area contributed by atoms with Gasteiger partial charge in [0.1, 0.15) is 11.8 Å². The lowest BCUT2D eigenvalue weighted by molar-refractivity contribution is -0.134. The van der Waals surface area contributed by atoms with Crippen LogP contribution in [0.1, 0.15) is 42.1 Å². The van der Waals surface area contributed by atoms with Crippen LogP contribution in [0, 0.1) is 0 Å². The number of hydrogen-bond donors (Lipinski definition) is 1. The van der Waals surface area contributed by atoms with E-state index in [1.54, 1.807) is 18.1 Å². The van der Waals surface area contributed by atoms with Crippen LogP contribution in [0.15, 0.2) is 18.2 Å². The molecule has 2 aliphatic rings. The number of amides is 3. The molecule has 27 heavy (non-hydrogen) atoms. The summed E-state index contributed by atoms with van der Waals surface area (Å²) in [5.74, 6) is 0.676. The fourth-order valence-corrected chi connectivity index (χ4v) is 3.73. The molecular formula is C20H27N3O4. The highest BCUT2D eigenvalue weighted by atomic mass is 16.5. The van der Waals surface area contributed by atoms with Gasteiger partial charge in [0.05, 0.1) is 7.11 Å². The number of ether oxygens (including phenoxy) is 1. The third-order valence-corrected chi connectivity index (χ3v) is 5.30. The van der Waals surface area contributed by atoms with Crippen LogP contribution < -0.4 is 10.1 Å². The number of hydrogen-bond acceptors (Lipinski definition) is 4. The fourth-order valence-electron chi connectivity index (χ4n) is 3.73. The van der Waals surface area contributed by atoms with Gasteiger partial charge in [-0.15, -0.1) is 0 Å². The van der Waals surface area contributed by atoms with Crippen molar-refractivity contribution in [1.82, 2.24) is 15.1 Å². The maximum atomic E-state index is 12.9. The Morgan fingerprint density at radius 2 is 1.93 bits per heavy atom. The quantitative estimate of drug-likeness (QED) is 0.861. The average Bonchev–Trinajstić information content (AvgIpc) is 2.98. The highest BCUT2D eigenvalue weighted by Gasteiger charge is 2.32. The first-order valence-corrected chi connectivity index (χ1v) is 9.57. The van der Waals surface area contributed by atoms with Crippen LogP contribution in [0.2, 0.25) is 0 Å². The van der Waals surface area contributed by atoms with Gasteiger partial charge in [0.15, 0.2) is 0 Å². The molecular weight excluding hydrogens is 346 g/mol. The monoisotopic (exact) mass is 373 g/mol. The SMILES string of the molecule is CCc1cc(C(=O)N2CCCN(C(=O)C3CCC(=O)N3)CC2)ccc1OC. The van der Waals surface area contributed by atoms with Crippen molar-refractivity contribution in [1.29, 1.82) is 0 Å². The van der Waals surface area contributed by atoms with Crippen LogP contribution in [0.3, 0.4) is 0 Å². The lowest BCUT2D eigenvalue weighted by atomic mass is 10.1. The molecule has 146 valence electrons. The van der Waals surface area contributed by atoms with Gasteiger partial charge in [-0.25, -0.2) is 0 Å². The molecule has 0 radical (unpaired) electrons. The molecule has 3 rings (SSSR count). The van der Waals surface area contributed by atoms with Gasteiger partial charge in [-0.05, 0) is 43.0 Å². The summed E-state index contributed by atoms with van der Waals surface area (Å²) < 4.78 is 5.33. The van der Waals surface area contributed by atoms with Gasteiger partial charge in [-0.2, -0.15) is 0 Å². The van der Waals surface area contributed by atoms with E-state index in [9.17, 15) is 14.4 Å². The molecule has 2 fully saturated rings.